The van der Waals surface area contributed by atoms with E-state index in [2.05, 4.69) is 102 Å². The highest BCUT2D eigenvalue weighted by Crippen LogP contribution is 2.47. The van der Waals surface area contributed by atoms with E-state index in [-0.39, 0.29) is 0 Å². The molecule has 43 heavy (non-hydrogen) atoms. The molecule has 0 saturated carbocycles. The summed E-state index contributed by atoms with van der Waals surface area (Å²) in [6.07, 6.45) is 9.47. The average Bonchev–Trinajstić information content (AvgIpc) is 3.27. The highest BCUT2D eigenvalue weighted by atomic mass is 32.1. The Hall–Kier alpha value is -3.30. The van der Waals surface area contributed by atoms with Crippen molar-refractivity contribution in [3.63, 3.8) is 0 Å². The summed E-state index contributed by atoms with van der Waals surface area (Å²) in [7, 11) is 0. The van der Waals surface area contributed by atoms with Crippen molar-refractivity contribution >= 4 is 32.9 Å². The van der Waals surface area contributed by atoms with E-state index in [0.717, 1.165) is 48.7 Å². The van der Waals surface area contributed by atoms with Gasteiger partial charge in [0.25, 0.3) is 0 Å². The van der Waals surface area contributed by atoms with Crippen molar-refractivity contribution in [3.05, 3.63) is 82.2 Å². The lowest BCUT2D eigenvalue weighted by Crippen LogP contribution is -2.03. The zero-order valence-corrected chi connectivity index (χ0v) is 27.9. The van der Waals surface area contributed by atoms with E-state index < -0.39 is 0 Å². The van der Waals surface area contributed by atoms with Crippen LogP contribution in [0.3, 0.4) is 0 Å². The van der Waals surface area contributed by atoms with E-state index in [4.69, 9.17) is 9.47 Å². The minimum atomic E-state index is 0.723. The molecule has 2 nitrogen and oxygen atoms in total. The standard InChI is InChI=1S/C40H48O2S/c1-7-9-11-13-23-41-36-21-17-31-25-27(3)15-19-34(31)38(36)39-35-20-16-33(40-29(5)28(4)30(6)43-40)26-32(35)18-22-37(39)42-24-14-12-10-8-2/h15-22,25-26H,7-14,23-24H2,1-6H3. The van der Waals surface area contributed by atoms with E-state index in [9.17, 15) is 0 Å². The van der Waals surface area contributed by atoms with Crippen molar-refractivity contribution in [2.75, 3.05) is 13.2 Å². The predicted octanol–water partition coefficient (Wildman–Crippen LogP) is 12.5. The number of hydrogen-bond donors (Lipinski definition) is 0. The number of benzene rings is 4. The molecule has 0 N–H and O–H groups in total. The van der Waals surface area contributed by atoms with E-state index in [1.807, 2.05) is 11.3 Å². The largest absolute Gasteiger partial charge is 0.493 e. The molecule has 1 heterocycles. The number of thiophene rings is 1. The minimum absolute atomic E-state index is 0.723. The Bertz CT molecular complexity index is 1690. The van der Waals surface area contributed by atoms with Crippen molar-refractivity contribution in [1.29, 1.82) is 0 Å². The van der Waals surface area contributed by atoms with Crippen molar-refractivity contribution in [1.82, 2.24) is 0 Å². The van der Waals surface area contributed by atoms with Crippen LogP contribution in [0.5, 0.6) is 11.5 Å². The Kier molecular flexibility index (Phi) is 10.5. The average molecular weight is 593 g/mol. The summed E-state index contributed by atoms with van der Waals surface area (Å²) in [6, 6.07) is 22.6. The monoisotopic (exact) mass is 592 g/mol. The first-order valence-corrected chi connectivity index (χ1v) is 17.2. The lowest BCUT2D eigenvalue weighted by molar-refractivity contribution is 0.302. The van der Waals surface area contributed by atoms with Crippen LogP contribution in [0.2, 0.25) is 0 Å². The van der Waals surface area contributed by atoms with Gasteiger partial charge in [-0.15, -0.1) is 11.3 Å². The predicted molar refractivity (Wildman–Crippen MR) is 188 cm³/mol. The molecule has 0 aliphatic carbocycles. The Morgan fingerprint density at radius 1 is 0.558 bits per heavy atom. The number of fused-ring (bicyclic) bond motifs is 2. The Morgan fingerprint density at radius 3 is 1.65 bits per heavy atom. The molecule has 0 aliphatic heterocycles. The van der Waals surface area contributed by atoms with Gasteiger partial charge in [-0.25, -0.2) is 0 Å². The second-order valence-corrected chi connectivity index (χ2v) is 13.3. The highest BCUT2D eigenvalue weighted by Gasteiger charge is 2.20. The Balaban J connectivity index is 1.67. The first-order valence-electron chi connectivity index (χ1n) is 16.4. The first kappa shape index (κ1) is 31.1. The molecule has 0 atom stereocenters. The van der Waals surface area contributed by atoms with Gasteiger partial charge in [-0.3, -0.25) is 0 Å². The van der Waals surface area contributed by atoms with Gasteiger partial charge < -0.3 is 9.47 Å². The third kappa shape index (κ3) is 6.93. The molecule has 0 fully saturated rings. The SMILES string of the molecule is CCCCCCOc1ccc2cc(C)ccc2c1-c1c(OCCCCCC)ccc2cc(-c3sc(C)c(C)c3C)ccc12. The summed E-state index contributed by atoms with van der Waals surface area (Å²) in [5, 5.41) is 4.88. The van der Waals surface area contributed by atoms with Crippen LogP contribution in [0.25, 0.3) is 43.1 Å². The van der Waals surface area contributed by atoms with Gasteiger partial charge in [-0.2, -0.15) is 0 Å². The molecule has 5 aromatic rings. The maximum absolute atomic E-state index is 6.63. The van der Waals surface area contributed by atoms with Crippen LogP contribution in [0.1, 0.15) is 86.8 Å². The maximum atomic E-state index is 6.63. The van der Waals surface area contributed by atoms with Crippen molar-refractivity contribution in [3.8, 4) is 33.1 Å². The molecule has 0 bridgehead atoms. The van der Waals surface area contributed by atoms with Crippen LogP contribution in [0.4, 0.5) is 0 Å². The third-order valence-electron chi connectivity index (χ3n) is 8.83. The van der Waals surface area contributed by atoms with Crippen LogP contribution < -0.4 is 9.47 Å². The quantitative estimate of drug-likeness (QED) is 0.119. The lowest BCUT2D eigenvalue weighted by atomic mass is 9.90. The molecular weight excluding hydrogens is 545 g/mol. The summed E-state index contributed by atoms with van der Waals surface area (Å²) < 4.78 is 13.2. The van der Waals surface area contributed by atoms with Crippen molar-refractivity contribution in [2.24, 2.45) is 0 Å². The molecule has 0 aliphatic rings. The zero-order chi connectivity index (χ0) is 30.3. The molecule has 1 aromatic heterocycles. The Labute approximate surface area is 263 Å². The van der Waals surface area contributed by atoms with Gasteiger partial charge in [0.05, 0.1) is 13.2 Å². The van der Waals surface area contributed by atoms with E-state index in [1.165, 1.54) is 92.1 Å². The van der Waals surface area contributed by atoms with E-state index in [1.54, 1.807) is 0 Å². The summed E-state index contributed by atoms with van der Waals surface area (Å²) in [6.45, 7) is 14.8. The summed E-state index contributed by atoms with van der Waals surface area (Å²) in [5.74, 6) is 1.89. The van der Waals surface area contributed by atoms with Crippen LogP contribution in [0, 0.1) is 27.7 Å². The fourth-order valence-electron chi connectivity index (χ4n) is 6.07. The van der Waals surface area contributed by atoms with Gasteiger partial charge in [0, 0.05) is 20.9 Å². The van der Waals surface area contributed by atoms with E-state index >= 15 is 0 Å². The molecule has 4 aromatic carbocycles. The number of rotatable bonds is 14. The van der Waals surface area contributed by atoms with Gasteiger partial charge in [-0.05, 0) is 97.0 Å². The number of ether oxygens (including phenoxy) is 2. The molecular formula is C40H48O2S. The van der Waals surface area contributed by atoms with Crippen LogP contribution in [-0.4, -0.2) is 13.2 Å². The van der Waals surface area contributed by atoms with Crippen LogP contribution in [-0.2, 0) is 0 Å². The van der Waals surface area contributed by atoms with Gasteiger partial charge in [-0.1, -0.05) is 100 Å². The second-order valence-electron chi connectivity index (χ2n) is 12.1. The number of unbranched alkanes of at least 4 members (excludes halogenated alkanes) is 6. The zero-order valence-electron chi connectivity index (χ0n) is 27.1. The van der Waals surface area contributed by atoms with E-state index in [0.29, 0.717) is 0 Å². The van der Waals surface area contributed by atoms with Crippen molar-refractivity contribution < 1.29 is 9.47 Å². The van der Waals surface area contributed by atoms with Crippen LogP contribution in [0.15, 0.2) is 60.7 Å². The lowest BCUT2D eigenvalue weighted by Gasteiger charge is -2.20. The molecule has 0 radical (unpaired) electrons. The van der Waals surface area contributed by atoms with Gasteiger partial charge in [0.1, 0.15) is 11.5 Å². The molecule has 0 amide bonds. The molecule has 3 heteroatoms. The number of aryl methyl sites for hydroxylation is 2. The minimum Gasteiger partial charge on any atom is -0.493 e. The molecule has 5 rings (SSSR count). The number of hydrogen-bond acceptors (Lipinski definition) is 3. The summed E-state index contributed by atoms with van der Waals surface area (Å²) in [5.41, 5.74) is 7.63. The second kappa shape index (κ2) is 14.4. The molecule has 0 spiro atoms. The van der Waals surface area contributed by atoms with Crippen molar-refractivity contribution in [2.45, 2.75) is 92.9 Å². The molecule has 226 valence electrons. The highest BCUT2D eigenvalue weighted by molar-refractivity contribution is 7.15. The molecule has 0 unspecified atom stereocenters. The normalized spacial score (nSPS) is 11.5. The smallest absolute Gasteiger partial charge is 0.127 e. The topological polar surface area (TPSA) is 18.5 Å². The van der Waals surface area contributed by atoms with Gasteiger partial charge >= 0.3 is 0 Å². The third-order valence-corrected chi connectivity index (χ3v) is 10.2. The fraction of sp³-hybridized carbons (Fsp3) is 0.400. The fourth-order valence-corrected chi connectivity index (χ4v) is 7.24. The van der Waals surface area contributed by atoms with Crippen LogP contribution >= 0.6 is 11.3 Å². The van der Waals surface area contributed by atoms with Gasteiger partial charge in [0.15, 0.2) is 0 Å². The first-order chi connectivity index (χ1) is 20.9. The molecule has 0 saturated heterocycles. The van der Waals surface area contributed by atoms with Gasteiger partial charge in [0.2, 0.25) is 0 Å². The summed E-state index contributed by atoms with van der Waals surface area (Å²) in [4.78, 5) is 2.76. The Morgan fingerprint density at radius 2 is 1.12 bits per heavy atom. The maximum Gasteiger partial charge on any atom is 0.127 e. The summed E-state index contributed by atoms with van der Waals surface area (Å²) >= 11 is 1.90.